The average Bonchev–Trinajstić information content (AvgIpc) is 2.94. The van der Waals surface area contributed by atoms with Crippen molar-refractivity contribution >= 4 is 18.4 Å². The van der Waals surface area contributed by atoms with E-state index in [1.54, 1.807) is 18.2 Å². The molecule has 0 unspecified atom stereocenters. The maximum atomic E-state index is 11.5. The molecule has 0 saturated carbocycles. The van der Waals surface area contributed by atoms with Gasteiger partial charge in [0, 0.05) is 6.54 Å². The molecular formula is C33H36ClNO5. The quantitative estimate of drug-likeness (QED) is 0.157. The number of aromatic carboxylic acids is 1. The maximum Gasteiger partial charge on any atom is 0.339 e. The van der Waals surface area contributed by atoms with Gasteiger partial charge in [0.05, 0.1) is 12.2 Å². The number of hydrogen-bond acceptors (Lipinski definition) is 5. The van der Waals surface area contributed by atoms with E-state index in [1.165, 1.54) is 0 Å². The summed E-state index contributed by atoms with van der Waals surface area (Å²) in [5, 5.41) is 23.4. The molecule has 4 rings (SSSR count). The van der Waals surface area contributed by atoms with Crippen LogP contribution >= 0.6 is 12.4 Å². The topological polar surface area (TPSA) is 88.0 Å². The van der Waals surface area contributed by atoms with Crippen LogP contribution < -0.4 is 14.8 Å². The average molecular weight is 562 g/mol. The number of aliphatic hydroxyl groups is 1. The summed E-state index contributed by atoms with van der Waals surface area (Å²) in [7, 11) is 0. The van der Waals surface area contributed by atoms with Crippen molar-refractivity contribution in [1.82, 2.24) is 5.32 Å². The van der Waals surface area contributed by atoms with Crippen molar-refractivity contribution in [3.63, 3.8) is 0 Å². The zero-order valence-electron chi connectivity index (χ0n) is 22.7. The van der Waals surface area contributed by atoms with E-state index in [1.807, 2.05) is 80.6 Å². The number of nitrogens with one attached hydrogen (secondary N) is 1. The number of carbonyl (C=O) groups is 1. The van der Waals surface area contributed by atoms with Gasteiger partial charge in [0.25, 0.3) is 0 Å². The number of halogens is 1. The highest BCUT2D eigenvalue weighted by Crippen LogP contribution is 2.29. The SMILES string of the molecule is CC(C)Oc1cc(-c2ccc(CCNC[C@@H](O)c3cccc(OCc4ccccc4)c3)cc2)ccc1C(=O)O.Cl. The highest BCUT2D eigenvalue weighted by Gasteiger charge is 2.14. The second kappa shape index (κ2) is 15.1. The molecule has 0 aromatic heterocycles. The van der Waals surface area contributed by atoms with Crippen LogP contribution in [-0.4, -0.2) is 35.4 Å². The molecule has 0 aliphatic rings. The van der Waals surface area contributed by atoms with Crippen LogP contribution in [0.5, 0.6) is 11.5 Å². The Morgan fingerprint density at radius 3 is 2.27 bits per heavy atom. The largest absolute Gasteiger partial charge is 0.490 e. The molecule has 6 nitrogen and oxygen atoms in total. The number of aliphatic hydroxyl groups excluding tert-OH is 1. The van der Waals surface area contributed by atoms with Crippen LogP contribution in [0.4, 0.5) is 0 Å². The van der Waals surface area contributed by atoms with Gasteiger partial charge >= 0.3 is 5.97 Å². The summed E-state index contributed by atoms with van der Waals surface area (Å²) in [6, 6.07) is 30.9. The summed E-state index contributed by atoms with van der Waals surface area (Å²) in [6.45, 7) is 5.39. The van der Waals surface area contributed by atoms with Crippen LogP contribution in [-0.2, 0) is 13.0 Å². The number of carboxylic acid groups (broad SMARTS) is 1. The monoisotopic (exact) mass is 561 g/mol. The van der Waals surface area contributed by atoms with Gasteiger partial charge in [0.2, 0.25) is 0 Å². The van der Waals surface area contributed by atoms with Gasteiger partial charge < -0.3 is 25.0 Å². The second-order valence-electron chi connectivity index (χ2n) is 9.70. The van der Waals surface area contributed by atoms with Gasteiger partial charge in [-0.05, 0) is 78.9 Å². The first-order valence-corrected chi connectivity index (χ1v) is 13.2. The maximum absolute atomic E-state index is 11.5. The van der Waals surface area contributed by atoms with Crippen molar-refractivity contribution in [3.8, 4) is 22.6 Å². The fraction of sp³-hybridized carbons (Fsp3) is 0.242. The normalized spacial score (nSPS) is 11.5. The minimum Gasteiger partial charge on any atom is -0.490 e. The molecule has 4 aromatic carbocycles. The zero-order valence-corrected chi connectivity index (χ0v) is 23.6. The first-order chi connectivity index (χ1) is 18.9. The molecule has 0 aliphatic carbocycles. The molecule has 0 bridgehead atoms. The lowest BCUT2D eigenvalue weighted by molar-refractivity contribution is 0.0690. The molecule has 1 atom stereocenters. The Labute approximate surface area is 242 Å². The highest BCUT2D eigenvalue weighted by molar-refractivity contribution is 5.92. The summed E-state index contributed by atoms with van der Waals surface area (Å²) in [4.78, 5) is 11.5. The van der Waals surface area contributed by atoms with Gasteiger partial charge in [-0.2, -0.15) is 0 Å². The standard InChI is InChI=1S/C33H35NO5.ClH/c1-23(2)39-32-20-27(15-16-30(32)33(36)37)26-13-11-24(12-14-26)17-18-34-21-31(35)28-9-6-10-29(19-28)38-22-25-7-4-3-5-8-25;/h3-16,19-20,23,31,34-35H,17-18,21-22H2,1-2H3,(H,36,37);1H/t31-;/m1./s1. The first-order valence-electron chi connectivity index (χ1n) is 13.2. The third-order valence-corrected chi connectivity index (χ3v) is 6.28. The van der Waals surface area contributed by atoms with Crippen molar-refractivity contribution in [2.24, 2.45) is 0 Å². The first kappa shape index (κ1) is 30.7. The summed E-state index contributed by atoms with van der Waals surface area (Å²) in [6.07, 6.45) is 0.0553. The molecule has 0 heterocycles. The Hall–Kier alpha value is -3.84. The molecule has 0 spiro atoms. The fourth-order valence-electron chi connectivity index (χ4n) is 4.24. The Kier molecular flexibility index (Phi) is 11.6. The van der Waals surface area contributed by atoms with Crippen LogP contribution in [0.25, 0.3) is 11.1 Å². The predicted molar refractivity (Wildman–Crippen MR) is 161 cm³/mol. The number of ether oxygens (including phenoxy) is 2. The summed E-state index contributed by atoms with van der Waals surface area (Å²) in [5.41, 5.74) is 5.12. The lowest BCUT2D eigenvalue weighted by atomic mass is 10.0. The van der Waals surface area contributed by atoms with E-state index in [4.69, 9.17) is 9.47 Å². The molecular weight excluding hydrogens is 526 g/mol. The molecule has 0 radical (unpaired) electrons. The van der Waals surface area contributed by atoms with E-state index in [0.717, 1.165) is 46.5 Å². The van der Waals surface area contributed by atoms with E-state index < -0.39 is 12.1 Å². The molecule has 0 fully saturated rings. The molecule has 0 saturated heterocycles. The number of carboxylic acids is 1. The van der Waals surface area contributed by atoms with Crippen molar-refractivity contribution < 1.29 is 24.5 Å². The van der Waals surface area contributed by atoms with E-state index >= 15 is 0 Å². The third-order valence-electron chi connectivity index (χ3n) is 6.28. The minimum absolute atomic E-state index is 0. The number of hydrogen-bond donors (Lipinski definition) is 3. The van der Waals surface area contributed by atoms with Crippen molar-refractivity contribution in [2.75, 3.05) is 13.1 Å². The Balaban J connectivity index is 0.00000441. The molecule has 210 valence electrons. The summed E-state index contributed by atoms with van der Waals surface area (Å²) < 4.78 is 11.6. The Bertz CT molecular complexity index is 1360. The number of rotatable bonds is 13. The molecule has 3 N–H and O–H groups in total. The van der Waals surface area contributed by atoms with Crippen LogP contribution in [0.15, 0.2) is 97.1 Å². The lowest BCUT2D eigenvalue weighted by Crippen LogP contribution is -2.23. The van der Waals surface area contributed by atoms with Crippen LogP contribution in [0.3, 0.4) is 0 Å². The van der Waals surface area contributed by atoms with E-state index in [-0.39, 0.29) is 24.1 Å². The Morgan fingerprint density at radius 1 is 0.850 bits per heavy atom. The predicted octanol–water partition coefficient (Wildman–Crippen LogP) is 6.71. The minimum atomic E-state index is -1.01. The van der Waals surface area contributed by atoms with Gasteiger partial charge in [-0.25, -0.2) is 4.79 Å². The lowest BCUT2D eigenvalue weighted by Gasteiger charge is -2.15. The van der Waals surface area contributed by atoms with Crippen LogP contribution in [0, 0.1) is 0 Å². The van der Waals surface area contributed by atoms with Gasteiger partial charge in [-0.3, -0.25) is 0 Å². The fourth-order valence-corrected chi connectivity index (χ4v) is 4.24. The van der Waals surface area contributed by atoms with Gasteiger partial charge in [-0.1, -0.05) is 72.8 Å². The van der Waals surface area contributed by atoms with Crippen molar-refractivity contribution in [2.45, 2.75) is 39.1 Å². The van der Waals surface area contributed by atoms with Crippen LogP contribution in [0.1, 0.15) is 47.0 Å². The zero-order chi connectivity index (χ0) is 27.6. The van der Waals surface area contributed by atoms with Crippen molar-refractivity contribution in [3.05, 3.63) is 119 Å². The molecule has 4 aromatic rings. The third kappa shape index (κ3) is 8.85. The van der Waals surface area contributed by atoms with E-state index in [9.17, 15) is 15.0 Å². The van der Waals surface area contributed by atoms with Gasteiger partial charge in [0.1, 0.15) is 23.7 Å². The van der Waals surface area contributed by atoms with E-state index in [0.29, 0.717) is 18.9 Å². The summed E-state index contributed by atoms with van der Waals surface area (Å²) >= 11 is 0. The van der Waals surface area contributed by atoms with E-state index in [2.05, 4.69) is 17.4 Å². The highest BCUT2D eigenvalue weighted by atomic mass is 35.5. The smallest absolute Gasteiger partial charge is 0.339 e. The van der Waals surface area contributed by atoms with Gasteiger partial charge in [-0.15, -0.1) is 12.4 Å². The molecule has 0 amide bonds. The molecule has 0 aliphatic heterocycles. The van der Waals surface area contributed by atoms with Gasteiger partial charge in [0.15, 0.2) is 0 Å². The molecule has 40 heavy (non-hydrogen) atoms. The number of benzene rings is 4. The van der Waals surface area contributed by atoms with Crippen LogP contribution in [0.2, 0.25) is 0 Å². The molecule has 7 heteroatoms. The Morgan fingerprint density at radius 2 is 1.57 bits per heavy atom. The summed E-state index contributed by atoms with van der Waals surface area (Å²) in [5.74, 6) is 0.0976. The second-order valence-corrected chi connectivity index (χ2v) is 9.70. The van der Waals surface area contributed by atoms with Crippen molar-refractivity contribution in [1.29, 1.82) is 0 Å².